The zero-order valence-corrected chi connectivity index (χ0v) is 32.7. The number of nitrogens with one attached hydrogen (secondary N) is 2. The van der Waals surface area contributed by atoms with Crippen LogP contribution in [0.1, 0.15) is 50.8 Å². The number of carboxylic acid groups (broad SMARTS) is 2. The highest BCUT2D eigenvalue weighted by atomic mass is 32.2. The highest BCUT2D eigenvalue weighted by Crippen LogP contribution is 2.21. The lowest BCUT2D eigenvalue weighted by Crippen LogP contribution is -2.48. The van der Waals surface area contributed by atoms with Gasteiger partial charge < -0.3 is 29.8 Å². The van der Waals surface area contributed by atoms with Crippen molar-refractivity contribution in [1.82, 2.24) is 15.6 Å². The number of rotatable bonds is 22. The van der Waals surface area contributed by atoms with Crippen LogP contribution in [0.25, 0.3) is 10.9 Å². The topological polar surface area (TPSA) is 232 Å². The highest BCUT2D eigenvalue weighted by Gasteiger charge is 2.34. The molecule has 1 heterocycles. The first kappa shape index (κ1) is 44.3. The number of Topliss-reactive ketones (excluding diaryl/α,β-unsaturated/α-hetero) is 1. The number of ether oxygens (including phenoxy) is 1. The molecule has 306 valence electrons. The summed E-state index contributed by atoms with van der Waals surface area (Å²) in [5, 5.41) is 25.7. The van der Waals surface area contributed by atoms with Gasteiger partial charge in [-0.25, -0.2) is 0 Å². The van der Waals surface area contributed by atoms with Crippen molar-refractivity contribution in [2.45, 2.75) is 64.6 Å². The molecule has 0 radical (unpaired) electrons. The Labute approximate surface area is 335 Å². The number of carboxylic acids is 2. The van der Waals surface area contributed by atoms with Gasteiger partial charge in [0.25, 0.3) is 0 Å². The van der Waals surface area contributed by atoms with Crippen LogP contribution in [0.15, 0.2) is 109 Å². The lowest BCUT2D eigenvalue weighted by Gasteiger charge is -2.26. The summed E-state index contributed by atoms with van der Waals surface area (Å²) < 4.78 is 35.5. The van der Waals surface area contributed by atoms with E-state index in [-0.39, 0.29) is 18.8 Å². The van der Waals surface area contributed by atoms with Gasteiger partial charge in [0, 0.05) is 29.8 Å². The van der Waals surface area contributed by atoms with E-state index in [9.17, 15) is 47.4 Å². The molecule has 0 fully saturated rings. The molecule has 0 saturated heterocycles. The lowest BCUT2D eigenvalue weighted by atomic mass is 9.86. The summed E-state index contributed by atoms with van der Waals surface area (Å²) in [5.74, 6) is -8.87. The molecule has 3 aromatic carbocycles. The SMILES string of the molecule is CC(C)[C@H](CC(=O)[C@H](Cc1ccc2ccccc2n1)NC(=O)[C@H](CC(=O)O)CC(=O)OCc1ccccc1)C(=O)N[C@H](/C=C/S(=O)(=O)Oc1ccccc1)CC(=O)O. The van der Waals surface area contributed by atoms with Gasteiger partial charge in [0.2, 0.25) is 11.8 Å². The first-order valence-corrected chi connectivity index (χ1v) is 19.8. The minimum atomic E-state index is -4.35. The summed E-state index contributed by atoms with van der Waals surface area (Å²) in [6.07, 6.45) is -1.71. The van der Waals surface area contributed by atoms with E-state index in [0.717, 1.165) is 11.5 Å². The number of benzene rings is 3. The van der Waals surface area contributed by atoms with Gasteiger partial charge in [-0.15, -0.1) is 0 Å². The summed E-state index contributed by atoms with van der Waals surface area (Å²) >= 11 is 0. The molecule has 0 bridgehead atoms. The van der Waals surface area contributed by atoms with Gasteiger partial charge in [-0.3, -0.25) is 33.8 Å². The molecule has 16 heteroatoms. The Morgan fingerprint density at radius 1 is 0.741 bits per heavy atom. The van der Waals surface area contributed by atoms with Crippen molar-refractivity contribution in [2.24, 2.45) is 17.8 Å². The van der Waals surface area contributed by atoms with E-state index in [0.29, 0.717) is 22.2 Å². The third kappa shape index (κ3) is 14.6. The number of ketones is 1. The molecule has 0 aliphatic rings. The van der Waals surface area contributed by atoms with Crippen molar-refractivity contribution in [3.05, 3.63) is 120 Å². The normalized spacial score (nSPS) is 13.6. The van der Waals surface area contributed by atoms with Crippen LogP contribution in [0, 0.1) is 17.8 Å². The summed E-state index contributed by atoms with van der Waals surface area (Å²) in [6, 6.07) is 24.3. The first-order valence-electron chi connectivity index (χ1n) is 18.4. The van der Waals surface area contributed by atoms with Gasteiger partial charge in [0.1, 0.15) is 12.4 Å². The molecule has 0 saturated carbocycles. The van der Waals surface area contributed by atoms with Crippen molar-refractivity contribution >= 4 is 56.5 Å². The molecule has 4 aromatic rings. The van der Waals surface area contributed by atoms with Gasteiger partial charge in [-0.1, -0.05) is 86.6 Å². The largest absolute Gasteiger partial charge is 0.481 e. The van der Waals surface area contributed by atoms with Gasteiger partial charge in [0.15, 0.2) is 5.78 Å². The number of hydrogen-bond acceptors (Lipinski definition) is 11. The average molecular weight is 816 g/mol. The smallest absolute Gasteiger partial charge is 0.332 e. The maximum atomic E-state index is 14.2. The lowest BCUT2D eigenvalue weighted by molar-refractivity contribution is -0.150. The quantitative estimate of drug-likeness (QED) is 0.0629. The number of hydrogen-bond donors (Lipinski definition) is 4. The van der Waals surface area contributed by atoms with Gasteiger partial charge in [-0.2, -0.15) is 8.42 Å². The third-order valence-corrected chi connectivity index (χ3v) is 9.86. The number of esters is 1. The number of aliphatic carboxylic acids is 2. The van der Waals surface area contributed by atoms with Crippen LogP contribution in [0.5, 0.6) is 5.75 Å². The fourth-order valence-corrected chi connectivity index (χ4v) is 6.71. The Hall–Kier alpha value is -6.42. The Morgan fingerprint density at radius 3 is 2.03 bits per heavy atom. The molecular weight excluding hydrogens is 771 g/mol. The van der Waals surface area contributed by atoms with Crippen molar-refractivity contribution in [3.8, 4) is 5.75 Å². The molecule has 58 heavy (non-hydrogen) atoms. The second-order valence-corrected chi connectivity index (χ2v) is 15.3. The van der Waals surface area contributed by atoms with Gasteiger partial charge in [0.05, 0.1) is 48.2 Å². The summed E-state index contributed by atoms with van der Waals surface area (Å²) in [7, 11) is -4.35. The number of para-hydroxylation sites is 2. The number of aromatic nitrogens is 1. The molecular formula is C42H45N3O12S. The molecule has 4 rings (SSSR count). The van der Waals surface area contributed by atoms with Crippen LogP contribution in [-0.4, -0.2) is 71.2 Å². The molecule has 0 unspecified atom stereocenters. The molecule has 15 nitrogen and oxygen atoms in total. The number of pyridine rings is 1. The maximum Gasteiger partial charge on any atom is 0.332 e. The van der Waals surface area contributed by atoms with E-state index in [2.05, 4.69) is 15.6 Å². The zero-order chi connectivity index (χ0) is 42.2. The van der Waals surface area contributed by atoms with Crippen molar-refractivity contribution < 1.29 is 56.3 Å². The maximum absolute atomic E-state index is 14.2. The summed E-state index contributed by atoms with van der Waals surface area (Å²) in [5.41, 5.74) is 1.68. The van der Waals surface area contributed by atoms with Crippen molar-refractivity contribution in [2.75, 3.05) is 0 Å². The minimum Gasteiger partial charge on any atom is -0.481 e. The summed E-state index contributed by atoms with van der Waals surface area (Å²) in [6.45, 7) is 3.20. The fourth-order valence-electron chi connectivity index (χ4n) is 5.90. The van der Waals surface area contributed by atoms with E-state index in [1.54, 1.807) is 86.6 Å². The Morgan fingerprint density at radius 2 is 1.38 bits per heavy atom. The second kappa shape index (κ2) is 21.2. The summed E-state index contributed by atoms with van der Waals surface area (Å²) in [4.78, 5) is 82.5. The minimum absolute atomic E-state index is 0.0159. The standard InChI is InChI=1S/C42H45N3O12S/c1-27(2)34(42(53)44-32(24-39(49)50)19-20-58(54,55)57-33-14-7-4-8-15-33)25-37(46)36(23-31-18-17-29-13-9-10-16-35(29)43-31)45-41(52)30(21-38(47)48)22-40(51)56-26-28-11-5-3-6-12-28/h3-20,27,30,32,34,36H,21-26H2,1-2H3,(H,44,53)(H,45,52)(H,47,48)(H,49,50)/b20-19+/t30-,32-,34+,36+/m1/s1. The monoisotopic (exact) mass is 815 g/mol. The van der Waals surface area contributed by atoms with Crippen molar-refractivity contribution in [1.29, 1.82) is 0 Å². The van der Waals surface area contributed by atoms with Gasteiger partial charge >= 0.3 is 28.0 Å². The van der Waals surface area contributed by atoms with Gasteiger partial charge in [-0.05, 0) is 41.8 Å². The van der Waals surface area contributed by atoms with Crippen LogP contribution in [0.3, 0.4) is 0 Å². The highest BCUT2D eigenvalue weighted by molar-refractivity contribution is 7.90. The average Bonchev–Trinajstić information content (AvgIpc) is 3.17. The number of amides is 2. The molecule has 2 amide bonds. The predicted molar refractivity (Wildman–Crippen MR) is 211 cm³/mol. The number of carbonyl (C=O) groups is 6. The van der Waals surface area contributed by atoms with Crippen LogP contribution in [-0.2, 0) is 56.6 Å². The van der Waals surface area contributed by atoms with E-state index >= 15 is 0 Å². The molecule has 4 atom stereocenters. The van der Waals surface area contributed by atoms with E-state index in [4.69, 9.17) is 8.92 Å². The van der Waals surface area contributed by atoms with Crippen molar-refractivity contribution in [3.63, 3.8) is 0 Å². The number of carbonyl (C=O) groups excluding carboxylic acids is 4. The third-order valence-electron chi connectivity index (χ3n) is 8.94. The van der Waals surface area contributed by atoms with Crippen LogP contribution in [0.4, 0.5) is 0 Å². The molecule has 0 spiro atoms. The molecule has 0 aliphatic carbocycles. The van der Waals surface area contributed by atoms with E-state index in [1.807, 2.05) is 12.1 Å². The number of fused-ring (bicyclic) bond motifs is 1. The van der Waals surface area contributed by atoms with Crippen LogP contribution < -0.4 is 14.8 Å². The van der Waals surface area contributed by atoms with Crippen LogP contribution >= 0.6 is 0 Å². The van der Waals surface area contributed by atoms with E-state index in [1.165, 1.54) is 12.1 Å². The Kier molecular flexibility index (Phi) is 16.2. The predicted octanol–water partition coefficient (Wildman–Crippen LogP) is 4.60. The fraction of sp³-hybridized carbons (Fsp3) is 0.310. The molecule has 1 aromatic heterocycles. The zero-order valence-electron chi connectivity index (χ0n) is 31.9. The molecule has 0 aliphatic heterocycles. The number of nitrogens with zero attached hydrogens (tertiary/aromatic N) is 1. The second-order valence-electron chi connectivity index (χ2n) is 13.9. The first-order chi connectivity index (χ1) is 27.6. The Bertz CT molecular complexity index is 2210. The Balaban J connectivity index is 1.55. The van der Waals surface area contributed by atoms with E-state index < -0.39 is 101 Å². The molecule has 4 N–H and O–H groups in total. The van der Waals surface area contributed by atoms with Crippen LogP contribution in [0.2, 0.25) is 0 Å².